The summed E-state index contributed by atoms with van der Waals surface area (Å²) in [7, 11) is 1.95. The maximum atomic E-state index is 12.4. The number of hydrogen-bond acceptors (Lipinski definition) is 4. The van der Waals surface area contributed by atoms with E-state index in [1.165, 1.54) is 0 Å². The van der Waals surface area contributed by atoms with Gasteiger partial charge in [-0.2, -0.15) is 0 Å². The molecule has 1 N–H and O–H groups in total. The topological polar surface area (TPSA) is 64.7 Å². The van der Waals surface area contributed by atoms with Gasteiger partial charge in [-0.05, 0) is 13.2 Å². The van der Waals surface area contributed by atoms with E-state index in [9.17, 15) is 4.79 Å². The number of imidazole rings is 2. The van der Waals surface area contributed by atoms with Gasteiger partial charge in [-0.15, -0.1) is 0 Å². The van der Waals surface area contributed by atoms with Crippen LogP contribution in [0.25, 0.3) is 0 Å². The highest BCUT2D eigenvalue weighted by Crippen LogP contribution is 2.18. The SMILES string of the molecule is CSc1ncc(CNC(=O)[C@H](C)n2ccnc2C(C)C)n1C. The van der Waals surface area contributed by atoms with Gasteiger partial charge >= 0.3 is 0 Å². The summed E-state index contributed by atoms with van der Waals surface area (Å²) >= 11 is 1.59. The second-order valence-electron chi connectivity index (χ2n) is 5.54. The first-order chi connectivity index (χ1) is 10.5. The molecule has 22 heavy (non-hydrogen) atoms. The lowest BCUT2D eigenvalue weighted by molar-refractivity contribution is -0.124. The van der Waals surface area contributed by atoms with Crippen LogP contribution in [0.1, 0.15) is 44.2 Å². The molecule has 0 spiro atoms. The maximum Gasteiger partial charge on any atom is 0.243 e. The Morgan fingerprint density at radius 2 is 2.09 bits per heavy atom. The van der Waals surface area contributed by atoms with Crippen molar-refractivity contribution < 1.29 is 4.79 Å². The molecule has 1 atom stereocenters. The first kappa shape index (κ1) is 16.6. The molecule has 0 radical (unpaired) electrons. The first-order valence-electron chi connectivity index (χ1n) is 7.30. The van der Waals surface area contributed by atoms with Gasteiger partial charge in [0.05, 0.1) is 18.4 Å². The Labute approximate surface area is 135 Å². The van der Waals surface area contributed by atoms with E-state index in [-0.39, 0.29) is 17.9 Å². The van der Waals surface area contributed by atoms with E-state index in [4.69, 9.17) is 0 Å². The van der Waals surface area contributed by atoms with Crippen molar-refractivity contribution in [2.45, 2.75) is 44.4 Å². The number of thioether (sulfide) groups is 1. The van der Waals surface area contributed by atoms with Crippen molar-refractivity contribution in [1.29, 1.82) is 0 Å². The first-order valence-corrected chi connectivity index (χ1v) is 8.53. The van der Waals surface area contributed by atoms with Crippen molar-refractivity contribution in [2.24, 2.45) is 7.05 Å². The van der Waals surface area contributed by atoms with E-state index in [2.05, 4.69) is 29.1 Å². The standard InChI is InChI=1S/C15H23N5OS/c1-10(2)13-16-6-7-20(13)11(3)14(21)17-8-12-9-18-15(22-5)19(12)4/h6-7,9-11H,8H2,1-5H3,(H,17,21)/t11-/m0/s1. The smallest absolute Gasteiger partial charge is 0.243 e. The molecule has 2 aromatic heterocycles. The maximum absolute atomic E-state index is 12.4. The van der Waals surface area contributed by atoms with Crippen molar-refractivity contribution in [3.05, 3.63) is 30.1 Å². The molecule has 0 aliphatic carbocycles. The summed E-state index contributed by atoms with van der Waals surface area (Å²) in [5.74, 6) is 1.19. The largest absolute Gasteiger partial charge is 0.349 e. The molecule has 0 fully saturated rings. The summed E-state index contributed by atoms with van der Waals surface area (Å²) in [6.45, 7) is 6.50. The number of amides is 1. The van der Waals surface area contributed by atoms with Gasteiger partial charge in [-0.1, -0.05) is 25.6 Å². The van der Waals surface area contributed by atoms with Gasteiger partial charge in [0.25, 0.3) is 0 Å². The fourth-order valence-corrected chi connectivity index (χ4v) is 2.88. The summed E-state index contributed by atoms with van der Waals surface area (Å²) in [4.78, 5) is 21.0. The lowest BCUT2D eigenvalue weighted by Crippen LogP contribution is -2.31. The predicted molar refractivity (Wildman–Crippen MR) is 87.9 cm³/mol. The van der Waals surface area contributed by atoms with Crippen LogP contribution in [0.15, 0.2) is 23.7 Å². The fraction of sp³-hybridized carbons (Fsp3) is 0.533. The minimum absolute atomic E-state index is 0.0215. The molecule has 6 nitrogen and oxygen atoms in total. The molecule has 2 rings (SSSR count). The number of rotatable bonds is 6. The van der Waals surface area contributed by atoms with Crippen LogP contribution in [-0.2, 0) is 18.4 Å². The van der Waals surface area contributed by atoms with Gasteiger partial charge in [-0.25, -0.2) is 9.97 Å². The Balaban J connectivity index is 2.02. The van der Waals surface area contributed by atoms with Crippen LogP contribution < -0.4 is 5.32 Å². The van der Waals surface area contributed by atoms with Gasteiger partial charge in [0, 0.05) is 25.4 Å². The molecular weight excluding hydrogens is 298 g/mol. The molecule has 0 aliphatic heterocycles. The van der Waals surface area contributed by atoms with Crippen molar-refractivity contribution in [2.75, 3.05) is 6.26 Å². The average molecular weight is 321 g/mol. The second-order valence-corrected chi connectivity index (χ2v) is 6.31. The Hall–Kier alpha value is -1.76. The highest BCUT2D eigenvalue weighted by molar-refractivity contribution is 7.98. The van der Waals surface area contributed by atoms with E-state index >= 15 is 0 Å². The lowest BCUT2D eigenvalue weighted by Gasteiger charge is -2.18. The van der Waals surface area contributed by atoms with Crippen LogP contribution >= 0.6 is 11.8 Å². The second kappa shape index (κ2) is 7.00. The molecule has 2 heterocycles. The minimum atomic E-state index is -0.284. The quantitative estimate of drug-likeness (QED) is 0.830. The Morgan fingerprint density at radius 3 is 2.68 bits per heavy atom. The van der Waals surface area contributed by atoms with Crippen molar-refractivity contribution in [3.8, 4) is 0 Å². The van der Waals surface area contributed by atoms with E-state index in [0.717, 1.165) is 16.7 Å². The van der Waals surface area contributed by atoms with Gasteiger partial charge < -0.3 is 14.5 Å². The number of carbonyl (C=O) groups is 1. The van der Waals surface area contributed by atoms with E-state index < -0.39 is 0 Å². The van der Waals surface area contributed by atoms with E-state index in [1.54, 1.807) is 24.2 Å². The fourth-order valence-electron chi connectivity index (χ4n) is 2.33. The number of nitrogens with zero attached hydrogens (tertiary/aromatic N) is 4. The van der Waals surface area contributed by atoms with Crippen molar-refractivity contribution in [1.82, 2.24) is 24.4 Å². The van der Waals surface area contributed by atoms with Gasteiger partial charge in [0.15, 0.2) is 5.16 Å². The molecule has 0 saturated heterocycles. The summed E-state index contributed by atoms with van der Waals surface area (Å²) in [6.07, 6.45) is 7.38. The van der Waals surface area contributed by atoms with Crippen LogP contribution in [0.4, 0.5) is 0 Å². The van der Waals surface area contributed by atoms with Gasteiger partial charge in [0.2, 0.25) is 5.91 Å². The number of carbonyl (C=O) groups excluding carboxylic acids is 1. The monoisotopic (exact) mass is 321 g/mol. The Bertz CT molecular complexity index is 646. The molecule has 0 saturated carbocycles. The molecule has 0 aliphatic rings. The molecule has 7 heteroatoms. The van der Waals surface area contributed by atoms with Gasteiger partial charge in [-0.3, -0.25) is 4.79 Å². The number of aromatic nitrogens is 4. The van der Waals surface area contributed by atoms with Gasteiger partial charge in [0.1, 0.15) is 11.9 Å². The van der Waals surface area contributed by atoms with Crippen molar-refractivity contribution >= 4 is 17.7 Å². The van der Waals surface area contributed by atoms with Crippen LogP contribution in [0.5, 0.6) is 0 Å². The highest BCUT2D eigenvalue weighted by Gasteiger charge is 2.19. The van der Waals surface area contributed by atoms with E-state index in [1.807, 2.05) is 35.6 Å². The van der Waals surface area contributed by atoms with Crippen LogP contribution in [0.2, 0.25) is 0 Å². The Morgan fingerprint density at radius 1 is 1.36 bits per heavy atom. The zero-order valence-electron chi connectivity index (χ0n) is 13.7. The summed E-state index contributed by atoms with van der Waals surface area (Å²) in [6, 6.07) is -0.284. The normalized spacial score (nSPS) is 12.6. The third-order valence-corrected chi connectivity index (χ3v) is 4.42. The zero-order chi connectivity index (χ0) is 16.3. The highest BCUT2D eigenvalue weighted by atomic mass is 32.2. The van der Waals surface area contributed by atoms with Crippen LogP contribution in [0, 0.1) is 0 Å². The molecule has 0 unspecified atom stereocenters. The van der Waals surface area contributed by atoms with E-state index in [0.29, 0.717) is 6.54 Å². The van der Waals surface area contributed by atoms with Crippen LogP contribution in [-0.4, -0.2) is 31.3 Å². The number of hydrogen-bond donors (Lipinski definition) is 1. The molecule has 0 bridgehead atoms. The van der Waals surface area contributed by atoms with Crippen LogP contribution in [0.3, 0.4) is 0 Å². The molecule has 2 aromatic rings. The molecule has 0 aromatic carbocycles. The number of nitrogens with one attached hydrogen (secondary N) is 1. The lowest BCUT2D eigenvalue weighted by atomic mass is 10.2. The molecule has 120 valence electrons. The summed E-state index contributed by atoms with van der Waals surface area (Å²) < 4.78 is 3.92. The summed E-state index contributed by atoms with van der Waals surface area (Å²) in [5, 5.41) is 3.91. The predicted octanol–water partition coefficient (Wildman–Crippen LogP) is 2.34. The molecular formula is C15H23N5OS. The summed E-state index contributed by atoms with van der Waals surface area (Å²) in [5.41, 5.74) is 0.986. The Kier molecular flexibility index (Phi) is 5.28. The minimum Gasteiger partial charge on any atom is -0.349 e. The molecule has 1 amide bonds. The third-order valence-electron chi connectivity index (χ3n) is 3.68. The average Bonchev–Trinajstić information content (AvgIpc) is 3.10. The zero-order valence-corrected chi connectivity index (χ0v) is 14.5. The third kappa shape index (κ3) is 3.35. The van der Waals surface area contributed by atoms with Crippen molar-refractivity contribution in [3.63, 3.8) is 0 Å².